The third kappa shape index (κ3) is 2.67. The Balaban J connectivity index is 2.21. The predicted molar refractivity (Wildman–Crippen MR) is 76.6 cm³/mol. The second-order valence-electron chi connectivity index (χ2n) is 4.91. The maximum Gasteiger partial charge on any atom is 0.248 e. The first-order chi connectivity index (χ1) is 8.49. The van der Waals surface area contributed by atoms with E-state index in [4.69, 9.17) is 11.5 Å². The highest BCUT2D eigenvalue weighted by Crippen LogP contribution is 2.30. The van der Waals surface area contributed by atoms with E-state index in [0.717, 1.165) is 29.7 Å². The van der Waals surface area contributed by atoms with Crippen molar-refractivity contribution in [2.24, 2.45) is 17.4 Å². The zero-order valence-corrected chi connectivity index (χ0v) is 12.0. The minimum atomic E-state index is -0.406. The van der Waals surface area contributed by atoms with Gasteiger partial charge in [-0.2, -0.15) is 0 Å². The molecule has 0 spiro atoms. The number of hydrogen-bond donors (Lipinski definition) is 2. The number of piperidine rings is 1. The van der Waals surface area contributed by atoms with Gasteiger partial charge in [-0.1, -0.05) is 6.92 Å². The van der Waals surface area contributed by atoms with Gasteiger partial charge in [-0.25, -0.2) is 0 Å². The molecule has 1 aromatic carbocycles. The highest BCUT2D eigenvalue weighted by molar-refractivity contribution is 9.10. The Bertz CT molecular complexity index is 464. The Morgan fingerprint density at radius 1 is 1.50 bits per heavy atom. The van der Waals surface area contributed by atoms with Crippen molar-refractivity contribution in [3.8, 4) is 0 Å². The molecule has 0 radical (unpaired) electrons. The van der Waals surface area contributed by atoms with Crippen LogP contribution < -0.4 is 16.4 Å². The number of carbonyl (C=O) groups excluding carboxylic acids is 1. The lowest BCUT2D eigenvalue weighted by Crippen LogP contribution is -2.46. The van der Waals surface area contributed by atoms with Gasteiger partial charge in [0.2, 0.25) is 5.91 Å². The summed E-state index contributed by atoms with van der Waals surface area (Å²) in [5.41, 5.74) is 12.9. The first kappa shape index (κ1) is 13.4. The van der Waals surface area contributed by atoms with Crippen LogP contribution in [0.2, 0.25) is 0 Å². The standard InChI is InChI=1S/C13H18BrN3O/c1-8-7-17(5-4-11(8)15)12-3-2-9(13(16)18)6-10(12)14/h2-3,6,8,11H,4-5,7,15H2,1H3,(H2,16,18). The van der Waals surface area contributed by atoms with E-state index < -0.39 is 5.91 Å². The number of halogens is 1. The first-order valence-corrected chi connectivity index (χ1v) is 6.88. The van der Waals surface area contributed by atoms with Gasteiger partial charge in [0.15, 0.2) is 0 Å². The van der Waals surface area contributed by atoms with Gasteiger partial charge in [-0.05, 0) is 46.5 Å². The number of amides is 1. The van der Waals surface area contributed by atoms with E-state index in [2.05, 4.69) is 27.8 Å². The number of carbonyl (C=O) groups is 1. The third-order valence-electron chi connectivity index (χ3n) is 3.54. The molecule has 2 unspecified atom stereocenters. The molecular formula is C13H18BrN3O. The molecule has 2 rings (SSSR count). The topological polar surface area (TPSA) is 72.3 Å². The molecule has 0 aliphatic carbocycles. The molecule has 4 N–H and O–H groups in total. The maximum atomic E-state index is 11.1. The fourth-order valence-corrected chi connectivity index (χ4v) is 2.93. The number of anilines is 1. The van der Waals surface area contributed by atoms with Crippen molar-refractivity contribution in [1.29, 1.82) is 0 Å². The lowest BCUT2D eigenvalue weighted by atomic mass is 9.94. The molecular weight excluding hydrogens is 294 g/mol. The average Bonchev–Trinajstić information content (AvgIpc) is 2.32. The van der Waals surface area contributed by atoms with Crippen molar-refractivity contribution in [3.05, 3.63) is 28.2 Å². The van der Waals surface area contributed by atoms with Crippen LogP contribution in [0.25, 0.3) is 0 Å². The van der Waals surface area contributed by atoms with E-state index in [1.54, 1.807) is 12.1 Å². The van der Waals surface area contributed by atoms with Gasteiger partial charge < -0.3 is 16.4 Å². The molecule has 1 saturated heterocycles. The van der Waals surface area contributed by atoms with Crippen LogP contribution in [-0.2, 0) is 0 Å². The zero-order chi connectivity index (χ0) is 13.3. The fourth-order valence-electron chi connectivity index (χ4n) is 2.30. The Labute approximate surface area is 115 Å². The molecule has 5 heteroatoms. The van der Waals surface area contributed by atoms with Gasteiger partial charge >= 0.3 is 0 Å². The van der Waals surface area contributed by atoms with E-state index >= 15 is 0 Å². The summed E-state index contributed by atoms with van der Waals surface area (Å²) >= 11 is 3.51. The summed E-state index contributed by atoms with van der Waals surface area (Å²) in [5, 5.41) is 0. The summed E-state index contributed by atoms with van der Waals surface area (Å²) in [6, 6.07) is 5.76. The van der Waals surface area contributed by atoms with E-state index in [-0.39, 0.29) is 6.04 Å². The minimum absolute atomic E-state index is 0.282. The van der Waals surface area contributed by atoms with Crippen LogP contribution in [0.15, 0.2) is 22.7 Å². The van der Waals surface area contributed by atoms with Gasteiger partial charge in [0.1, 0.15) is 0 Å². The lowest BCUT2D eigenvalue weighted by molar-refractivity contribution is 0.100. The molecule has 1 heterocycles. The van der Waals surface area contributed by atoms with Crippen molar-refractivity contribution < 1.29 is 4.79 Å². The summed E-state index contributed by atoms with van der Waals surface area (Å²) < 4.78 is 0.904. The summed E-state index contributed by atoms with van der Waals surface area (Å²) in [5.74, 6) is 0.0674. The normalized spacial score (nSPS) is 24.1. The molecule has 0 aromatic heterocycles. The number of nitrogens with zero attached hydrogens (tertiary/aromatic N) is 1. The van der Waals surface area contributed by atoms with Crippen LogP contribution in [0.4, 0.5) is 5.69 Å². The SMILES string of the molecule is CC1CN(c2ccc(C(N)=O)cc2Br)CCC1N. The van der Waals surface area contributed by atoms with Crippen LogP contribution >= 0.6 is 15.9 Å². The number of hydrogen-bond acceptors (Lipinski definition) is 3. The highest BCUT2D eigenvalue weighted by Gasteiger charge is 2.24. The van der Waals surface area contributed by atoms with Gasteiger partial charge in [0.25, 0.3) is 0 Å². The summed E-state index contributed by atoms with van der Waals surface area (Å²) in [4.78, 5) is 13.4. The number of primary amides is 1. The van der Waals surface area contributed by atoms with Crippen molar-refractivity contribution in [1.82, 2.24) is 0 Å². The largest absolute Gasteiger partial charge is 0.370 e. The van der Waals surface area contributed by atoms with E-state index in [1.165, 1.54) is 0 Å². The average molecular weight is 312 g/mol. The Morgan fingerprint density at radius 3 is 2.78 bits per heavy atom. The van der Waals surface area contributed by atoms with Gasteiger partial charge in [0.05, 0.1) is 5.69 Å². The molecule has 4 nitrogen and oxygen atoms in total. The quantitative estimate of drug-likeness (QED) is 0.873. The van der Waals surface area contributed by atoms with Gasteiger partial charge in [0, 0.05) is 29.2 Å². The monoisotopic (exact) mass is 311 g/mol. The van der Waals surface area contributed by atoms with Crippen molar-refractivity contribution in [3.63, 3.8) is 0 Å². The van der Waals surface area contributed by atoms with E-state index in [9.17, 15) is 4.79 Å². The first-order valence-electron chi connectivity index (χ1n) is 6.09. The summed E-state index contributed by atoms with van der Waals surface area (Å²) in [6.07, 6.45) is 0.991. The molecule has 1 aliphatic heterocycles. The molecule has 1 amide bonds. The van der Waals surface area contributed by atoms with Crippen molar-refractivity contribution >= 4 is 27.5 Å². The van der Waals surface area contributed by atoms with Crippen molar-refractivity contribution in [2.75, 3.05) is 18.0 Å². The Kier molecular flexibility index (Phi) is 3.92. The summed E-state index contributed by atoms with van der Waals surface area (Å²) in [7, 11) is 0. The number of benzene rings is 1. The molecule has 18 heavy (non-hydrogen) atoms. The van der Waals surface area contributed by atoms with Gasteiger partial charge in [-0.3, -0.25) is 4.79 Å². The van der Waals surface area contributed by atoms with E-state index in [1.807, 2.05) is 6.07 Å². The van der Waals surface area contributed by atoms with Crippen molar-refractivity contribution in [2.45, 2.75) is 19.4 Å². The highest BCUT2D eigenvalue weighted by atomic mass is 79.9. The summed E-state index contributed by atoms with van der Waals surface area (Å²) in [6.45, 7) is 4.05. The fraction of sp³-hybridized carbons (Fsp3) is 0.462. The number of rotatable bonds is 2. The van der Waals surface area contributed by atoms with E-state index in [0.29, 0.717) is 11.5 Å². The van der Waals surface area contributed by atoms with Crippen LogP contribution in [0.1, 0.15) is 23.7 Å². The molecule has 0 saturated carbocycles. The lowest BCUT2D eigenvalue weighted by Gasteiger charge is -2.37. The van der Waals surface area contributed by atoms with Gasteiger partial charge in [-0.15, -0.1) is 0 Å². The number of nitrogens with two attached hydrogens (primary N) is 2. The van der Waals surface area contributed by atoms with Crippen LogP contribution in [0.3, 0.4) is 0 Å². The molecule has 98 valence electrons. The maximum absolute atomic E-state index is 11.1. The third-order valence-corrected chi connectivity index (χ3v) is 4.18. The second kappa shape index (κ2) is 5.28. The van der Waals surface area contributed by atoms with Crippen LogP contribution in [0.5, 0.6) is 0 Å². The molecule has 1 aliphatic rings. The molecule has 1 fully saturated rings. The Morgan fingerprint density at radius 2 is 2.22 bits per heavy atom. The Hall–Kier alpha value is -1.07. The van der Waals surface area contributed by atoms with Crippen LogP contribution in [0, 0.1) is 5.92 Å². The van der Waals surface area contributed by atoms with Crippen LogP contribution in [-0.4, -0.2) is 25.0 Å². The smallest absolute Gasteiger partial charge is 0.248 e. The second-order valence-corrected chi connectivity index (χ2v) is 5.76. The molecule has 2 atom stereocenters. The predicted octanol–water partition coefficient (Wildman–Crippen LogP) is 1.72. The zero-order valence-electron chi connectivity index (χ0n) is 10.4. The molecule has 1 aromatic rings. The minimum Gasteiger partial charge on any atom is -0.370 e. The molecule has 0 bridgehead atoms.